The molecule has 0 unspecified atom stereocenters. The Morgan fingerprint density at radius 1 is 1.36 bits per heavy atom. The highest BCUT2D eigenvalue weighted by Crippen LogP contribution is 1.94. The minimum absolute atomic E-state index is 0. The van der Waals surface area contributed by atoms with Gasteiger partial charge in [-0.1, -0.05) is 7.43 Å². The van der Waals surface area contributed by atoms with E-state index in [1.807, 2.05) is 4.72 Å². The summed E-state index contributed by atoms with van der Waals surface area (Å²) in [4.78, 5) is 10.3. The first kappa shape index (κ1) is 13.0. The molecule has 68 valence electrons. The zero-order valence-electron chi connectivity index (χ0n) is 6.21. The van der Waals surface area contributed by atoms with Gasteiger partial charge in [0.15, 0.2) is 0 Å². The largest absolute Gasteiger partial charge is 0.274 e. The van der Waals surface area contributed by atoms with Crippen molar-refractivity contribution in [3.8, 4) is 0 Å². The summed E-state index contributed by atoms with van der Waals surface area (Å²) < 4.78 is 23.5. The monoisotopic (exact) mass is 181 g/mol. The summed E-state index contributed by atoms with van der Waals surface area (Å²) in [5.74, 6) is -0.547. The predicted molar refractivity (Wildman–Crippen MR) is 44.6 cm³/mol. The second-order valence-corrected chi connectivity index (χ2v) is 4.49. The molecule has 0 heterocycles. The molecule has 0 rings (SSSR count). The minimum Gasteiger partial charge on any atom is -0.274 e. The third-order valence-electron chi connectivity index (χ3n) is 0.907. The topological polar surface area (TPSA) is 63.2 Å². The number of nitrogens with one attached hydrogen (secondary N) is 1. The smallest absolute Gasteiger partial charge is 0.237 e. The molecule has 0 aliphatic rings. The number of hydrogen-bond acceptors (Lipinski definition) is 3. The molecule has 0 spiro atoms. The fraction of sp³-hybridized carbons (Fsp3) is 0.833. The lowest BCUT2D eigenvalue weighted by Crippen LogP contribution is -2.34. The molecular formula is C6H15NO3S. The van der Waals surface area contributed by atoms with Crippen LogP contribution in [0.5, 0.6) is 0 Å². The third-order valence-corrected chi connectivity index (χ3v) is 2.72. The van der Waals surface area contributed by atoms with Crippen molar-refractivity contribution in [1.29, 1.82) is 0 Å². The molecular weight excluding hydrogens is 166 g/mol. The normalized spacial score (nSPS) is 10.5. The average Bonchev–Trinajstić information content (AvgIpc) is 1.60. The van der Waals surface area contributed by atoms with Gasteiger partial charge < -0.3 is 0 Å². The van der Waals surface area contributed by atoms with E-state index >= 15 is 0 Å². The van der Waals surface area contributed by atoms with E-state index in [0.717, 1.165) is 0 Å². The third kappa shape index (κ3) is 4.78. The fourth-order valence-electron chi connectivity index (χ4n) is 0.318. The molecule has 0 aromatic heterocycles. The first-order valence-electron chi connectivity index (χ1n) is 2.88. The minimum atomic E-state index is -3.40. The number of rotatable bonds is 2. The number of hydrogen-bond donors (Lipinski definition) is 1. The highest BCUT2D eigenvalue weighted by Gasteiger charge is 2.15. The summed E-state index contributed by atoms with van der Waals surface area (Å²) in [5.41, 5.74) is 0. The van der Waals surface area contributed by atoms with Gasteiger partial charge in [0.1, 0.15) is 0 Å². The molecule has 5 heteroatoms. The molecule has 4 nitrogen and oxygen atoms in total. The van der Waals surface area contributed by atoms with Gasteiger partial charge >= 0.3 is 0 Å². The quantitative estimate of drug-likeness (QED) is 0.674. The van der Waals surface area contributed by atoms with E-state index < -0.39 is 21.2 Å². The number of carbonyl (C=O) groups is 1. The van der Waals surface area contributed by atoms with Gasteiger partial charge in [0.05, 0.1) is 5.25 Å². The molecule has 0 saturated carbocycles. The highest BCUT2D eigenvalue weighted by molar-refractivity contribution is 7.90. The van der Waals surface area contributed by atoms with Crippen molar-refractivity contribution in [2.75, 3.05) is 0 Å². The van der Waals surface area contributed by atoms with Gasteiger partial charge in [-0.2, -0.15) is 0 Å². The lowest BCUT2D eigenvalue weighted by molar-refractivity contribution is -0.117. The van der Waals surface area contributed by atoms with Gasteiger partial charge in [-0.15, -0.1) is 0 Å². The van der Waals surface area contributed by atoms with E-state index in [0.29, 0.717) is 0 Å². The van der Waals surface area contributed by atoms with Crippen LogP contribution >= 0.6 is 0 Å². The predicted octanol–water partition coefficient (Wildman–Crippen LogP) is 0.497. The maximum Gasteiger partial charge on any atom is 0.237 e. The number of amides is 1. The van der Waals surface area contributed by atoms with Crippen LogP contribution in [0.2, 0.25) is 0 Å². The van der Waals surface area contributed by atoms with Crippen molar-refractivity contribution in [3.63, 3.8) is 0 Å². The van der Waals surface area contributed by atoms with Crippen LogP contribution in [0.4, 0.5) is 0 Å². The maximum atomic E-state index is 10.8. The van der Waals surface area contributed by atoms with Crippen LogP contribution in [0.1, 0.15) is 28.2 Å². The van der Waals surface area contributed by atoms with E-state index in [2.05, 4.69) is 0 Å². The summed E-state index contributed by atoms with van der Waals surface area (Å²) in [6, 6.07) is 0. The van der Waals surface area contributed by atoms with Gasteiger partial charge in [-0.3, -0.25) is 9.52 Å². The van der Waals surface area contributed by atoms with Crippen molar-refractivity contribution < 1.29 is 13.2 Å². The van der Waals surface area contributed by atoms with Crippen LogP contribution < -0.4 is 4.72 Å². The highest BCUT2D eigenvalue weighted by atomic mass is 32.2. The summed E-state index contributed by atoms with van der Waals surface area (Å²) >= 11 is 0. The summed E-state index contributed by atoms with van der Waals surface area (Å²) in [7, 11) is -3.40. The average molecular weight is 181 g/mol. The van der Waals surface area contributed by atoms with Crippen LogP contribution in [-0.2, 0) is 14.8 Å². The zero-order chi connectivity index (χ0) is 8.36. The Labute approximate surface area is 68.0 Å². The maximum absolute atomic E-state index is 10.8. The molecule has 0 fully saturated rings. The van der Waals surface area contributed by atoms with E-state index in [9.17, 15) is 13.2 Å². The number of sulfonamides is 1. The van der Waals surface area contributed by atoms with Crippen molar-refractivity contribution in [2.24, 2.45) is 0 Å². The van der Waals surface area contributed by atoms with Crippen molar-refractivity contribution in [1.82, 2.24) is 4.72 Å². The van der Waals surface area contributed by atoms with Gasteiger partial charge in [0.25, 0.3) is 0 Å². The molecule has 0 radical (unpaired) electrons. The molecule has 0 saturated heterocycles. The lowest BCUT2D eigenvalue weighted by atomic mass is 10.6. The summed E-state index contributed by atoms with van der Waals surface area (Å²) in [5, 5.41) is -0.559. The molecule has 0 aromatic carbocycles. The standard InChI is InChI=1S/C5H11NO3S.CH4/c1-4(2)10(8,9)6-5(3)7;/h4H,1-3H3,(H,6,7);1H4. The van der Waals surface area contributed by atoms with E-state index in [1.54, 1.807) is 0 Å². The van der Waals surface area contributed by atoms with Crippen LogP contribution in [0.25, 0.3) is 0 Å². The van der Waals surface area contributed by atoms with Crippen molar-refractivity contribution in [2.45, 2.75) is 33.4 Å². The Balaban J connectivity index is 0. The van der Waals surface area contributed by atoms with Gasteiger partial charge in [0.2, 0.25) is 15.9 Å². The van der Waals surface area contributed by atoms with E-state index in [4.69, 9.17) is 0 Å². The molecule has 0 aromatic rings. The van der Waals surface area contributed by atoms with Crippen LogP contribution in [0.15, 0.2) is 0 Å². The molecule has 1 amide bonds. The van der Waals surface area contributed by atoms with Gasteiger partial charge in [0, 0.05) is 6.92 Å². The molecule has 11 heavy (non-hydrogen) atoms. The van der Waals surface area contributed by atoms with E-state index in [-0.39, 0.29) is 7.43 Å². The fourth-order valence-corrected chi connectivity index (χ4v) is 0.955. The Morgan fingerprint density at radius 2 is 1.73 bits per heavy atom. The van der Waals surface area contributed by atoms with E-state index in [1.165, 1.54) is 20.8 Å². The molecule has 0 aliphatic heterocycles. The van der Waals surface area contributed by atoms with Crippen LogP contribution in [-0.4, -0.2) is 19.6 Å². The Morgan fingerprint density at radius 3 is 1.82 bits per heavy atom. The molecule has 0 atom stereocenters. The first-order chi connectivity index (χ1) is 4.36. The number of carbonyl (C=O) groups excluding carboxylic acids is 1. The summed E-state index contributed by atoms with van der Waals surface area (Å²) in [6.07, 6.45) is 0. The summed E-state index contributed by atoms with van der Waals surface area (Å²) in [6.45, 7) is 4.18. The van der Waals surface area contributed by atoms with Crippen molar-refractivity contribution in [3.05, 3.63) is 0 Å². The van der Waals surface area contributed by atoms with Crippen LogP contribution in [0, 0.1) is 0 Å². The Bertz CT molecular complexity index is 218. The van der Waals surface area contributed by atoms with Crippen molar-refractivity contribution >= 4 is 15.9 Å². The first-order valence-corrected chi connectivity index (χ1v) is 4.43. The SMILES string of the molecule is C.CC(=O)NS(=O)(=O)C(C)C. The molecule has 0 aliphatic carbocycles. The molecule has 0 bridgehead atoms. The molecule has 1 N–H and O–H groups in total. The Hall–Kier alpha value is -0.580. The Kier molecular flexibility index (Phi) is 5.13. The van der Waals surface area contributed by atoms with Gasteiger partial charge in [-0.05, 0) is 13.8 Å². The van der Waals surface area contributed by atoms with Gasteiger partial charge in [-0.25, -0.2) is 8.42 Å². The second kappa shape index (κ2) is 4.33. The van der Waals surface area contributed by atoms with Crippen LogP contribution in [0.3, 0.4) is 0 Å². The lowest BCUT2D eigenvalue weighted by Gasteiger charge is -2.06. The zero-order valence-corrected chi connectivity index (χ0v) is 7.03. The second-order valence-electron chi connectivity index (χ2n) is 2.25.